The molecule has 0 aliphatic carbocycles. The lowest BCUT2D eigenvalue weighted by atomic mass is 10.4. The first-order valence-electron chi connectivity index (χ1n) is 7.49. The number of hydrogen-bond acceptors (Lipinski definition) is 7. The molecule has 130 valence electrons. The van der Waals surface area contributed by atoms with Crippen LogP contribution < -0.4 is 11.2 Å². The molecule has 0 radical (unpaired) electrons. The number of carbonyl (C=O) groups is 2. The predicted molar refractivity (Wildman–Crippen MR) is 92.8 cm³/mol. The Bertz CT molecular complexity index is 533. The van der Waals surface area contributed by atoms with Crippen LogP contribution in [0.4, 0.5) is 0 Å². The number of rotatable bonds is 9. The standard InChI is InChI=1S/C13H24N6O2S2/c1-5-15-11(21)9(4)23-13-17-16-12(19(13)14)22-8-10(20)18(6-2)7-3/h9H,5-8,14H2,1-4H3,(H,15,21)/t9-/m0/s1. The summed E-state index contributed by atoms with van der Waals surface area (Å²) in [6.07, 6.45) is 0. The smallest absolute Gasteiger partial charge is 0.233 e. The molecule has 0 aliphatic heterocycles. The van der Waals surface area contributed by atoms with Crippen LogP contribution in [0.1, 0.15) is 27.7 Å². The molecule has 1 aromatic heterocycles. The molecule has 0 saturated carbocycles. The van der Waals surface area contributed by atoms with Gasteiger partial charge in [0.1, 0.15) is 0 Å². The Kier molecular flexibility index (Phi) is 8.24. The average molecular weight is 361 g/mol. The molecular weight excluding hydrogens is 336 g/mol. The van der Waals surface area contributed by atoms with Gasteiger partial charge < -0.3 is 16.1 Å². The molecule has 1 atom stereocenters. The highest BCUT2D eigenvalue weighted by Crippen LogP contribution is 2.24. The number of aromatic nitrogens is 3. The Morgan fingerprint density at radius 3 is 2.43 bits per heavy atom. The summed E-state index contributed by atoms with van der Waals surface area (Å²) in [5.74, 6) is 6.16. The van der Waals surface area contributed by atoms with Gasteiger partial charge in [-0.05, 0) is 27.7 Å². The Morgan fingerprint density at radius 1 is 1.26 bits per heavy atom. The Labute approximate surface area is 144 Å². The molecule has 0 unspecified atom stereocenters. The number of amides is 2. The van der Waals surface area contributed by atoms with Crippen molar-refractivity contribution in [2.45, 2.75) is 43.3 Å². The number of nitrogens with zero attached hydrogens (tertiary/aromatic N) is 4. The molecule has 0 bridgehead atoms. The number of nitrogens with one attached hydrogen (secondary N) is 1. The van der Waals surface area contributed by atoms with E-state index in [9.17, 15) is 9.59 Å². The summed E-state index contributed by atoms with van der Waals surface area (Å²) >= 11 is 2.47. The summed E-state index contributed by atoms with van der Waals surface area (Å²) in [6.45, 7) is 9.45. The zero-order valence-electron chi connectivity index (χ0n) is 13.9. The van der Waals surface area contributed by atoms with Crippen LogP contribution in [0.5, 0.6) is 0 Å². The number of carbonyl (C=O) groups excluding carboxylic acids is 2. The SMILES string of the molecule is CCNC(=O)[C@H](C)Sc1nnc(SCC(=O)N(CC)CC)n1N. The first-order valence-corrected chi connectivity index (χ1v) is 9.36. The van der Waals surface area contributed by atoms with Crippen LogP contribution in [-0.4, -0.2) is 62.2 Å². The largest absolute Gasteiger partial charge is 0.355 e. The lowest BCUT2D eigenvalue weighted by Gasteiger charge is -2.17. The number of thioether (sulfide) groups is 2. The van der Waals surface area contributed by atoms with E-state index in [2.05, 4.69) is 15.5 Å². The number of hydrogen-bond donors (Lipinski definition) is 2. The molecule has 10 heteroatoms. The second kappa shape index (κ2) is 9.66. The van der Waals surface area contributed by atoms with Gasteiger partial charge in [0.2, 0.25) is 22.1 Å². The van der Waals surface area contributed by atoms with Crippen LogP contribution in [0, 0.1) is 0 Å². The van der Waals surface area contributed by atoms with E-state index in [4.69, 9.17) is 5.84 Å². The monoisotopic (exact) mass is 360 g/mol. The van der Waals surface area contributed by atoms with Crippen LogP contribution in [0.3, 0.4) is 0 Å². The highest BCUT2D eigenvalue weighted by Gasteiger charge is 2.20. The van der Waals surface area contributed by atoms with Crippen molar-refractivity contribution in [3.05, 3.63) is 0 Å². The topological polar surface area (TPSA) is 106 Å². The second-order valence-electron chi connectivity index (χ2n) is 4.64. The van der Waals surface area contributed by atoms with Gasteiger partial charge in [-0.3, -0.25) is 9.59 Å². The third-order valence-corrected chi connectivity index (χ3v) is 5.06. The lowest BCUT2D eigenvalue weighted by Crippen LogP contribution is -2.32. The molecule has 1 rings (SSSR count). The summed E-state index contributed by atoms with van der Waals surface area (Å²) in [4.78, 5) is 25.5. The van der Waals surface area contributed by atoms with Gasteiger partial charge in [0, 0.05) is 19.6 Å². The second-order valence-corrected chi connectivity index (χ2v) is 6.89. The Hall–Kier alpha value is -1.42. The minimum absolute atomic E-state index is 0.0351. The van der Waals surface area contributed by atoms with E-state index in [1.807, 2.05) is 20.8 Å². The van der Waals surface area contributed by atoms with Gasteiger partial charge >= 0.3 is 0 Å². The predicted octanol–water partition coefficient (Wildman–Crippen LogP) is 0.569. The molecule has 1 heterocycles. The van der Waals surface area contributed by atoms with Crippen molar-refractivity contribution >= 4 is 35.3 Å². The molecule has 8 nitrogen and oxygen atoms in total. The van der Waals surface area contributed by atoms with Crippen molar-refractivity contribution in [1.29, 1.82) is 0 Å². The van der Waals surface area contributed by atoms with Gasteiger partial charge in [-0.15, -0.1) is 10.2 Å². The minimum atomic E-state index is -0.323. The normalized spacial score (nSPS) is 12.0. The highest BCUT2D eigenvalue weighted by molar-refractivity contribution is 8.00. The molecular formula is C13H24N6O2S2. The molecule has 2 amide bonds. The van der Waals surface area contributed by atoms with Crippen LogP contribution in [-0.2, 0) is 9.59 Å². The molecule has 3 N–H and O–H groups in total. The molecule has 0 aliphatic rings. The van der Waals surface area contributed by atoms with Crippen LogP contribution in [0.2, 0.25) is 0 Å². The van der Waals surface area contributed by atoms with E-state index in [1.165, 1.54) is 28.2 Å². The highest BCUT2D eigenvalue weighted by atomic mass is 32.2. The molecule has 1 aromatic rings. The van der Waals surface area contributed by atoms with Crippen LogP contribution in [0.25, 0.3) is 0 Å². The Morgan fingerprint density at radius 2 is 1.87 bits per heavy atom. The maximum absolute atomic E-state index is 12.0. The van der Waals surface area contributed by atoms with Crippen molar-refractivity contribution in [3.63, 3.8) is 0 Å². The average Bonchev–Trinajstić information content (AvgIpc) is 2.87. The molecule has 0 spiro atoms. The maximum Gasteiger partial charge on any atom is 0.233 e. The van der Waals surface area contributed by atoms with Crippen LogP contribution in [0.15, 0.2) is 10.3 Å². The van der Waals surface area contributed by atoms with Gasteiger partial charge in [0.25, 0.3) is 0 Å². The first kappa shape index (κ1) is 19.6. The zero-order valence-corrected chi connectivity index (χ0v) is 15.5. The summed E-state index contributed by atoms with van der Waals surface area (Å²) < 4.78 is 1.32. The van der Waals surface area contributed by atoms with E-state index in [-0.39, 0.29) is 22.8 Å². The van der Waals surface area contributed by atoms with Gasteiger partial charge in [0.05, 0.1) is 11.0 Å². The van der Waals surface area contributed by atoms with Crippen molar-refractivity contribution in [1.82, 2.24) is 25.1 Å². The van der Waals surface area contributed by atoms with Gasteiger partial charge in [-0.2, -0.15) is 0 Å². The number of nitrogen functional groups attached to an aromatic ring is 1. The minimum Gasteiger partial charge on any atom is -0.355 e. The summed E-state index contributed by atoms with van der Waals surface area (Å²) in [6, 6.07) is 0. The van der Waals surface area contributed by atoms with Crippen molar-refractivity contribution in [3.8, 4) is 0 Å². The van der Waals surface area contributed by atoms with E-state index in [0.717, 1.165) is 0 Å². The van der Waals surface area contributed by atoms with E-state index in [1.54, 1.807) is 11.8 Å². The van der Waals surface area contributed by atoms with Gasteiger partial charge in [-0.1, -0.05) is 23.5 Å². The Balaban J connectivity index is 2.62. The first-order chi connectivity index (χ1) is 10.9. The molecule has 0 fully saturated rings. The molecule has 0 saturated heterocycles. The fourth-order valence-electron chi connectivity index (χ4n) is 1.77. The summed E-state index contributed by atoms with van der Waals surface area (Å²) in [5, 5.41) is 11.3. The fraction of sp³-hybridized carbons (Fsp3) is 0.692. The van der Waals surface area contributed by atoms with E-state index < -0.39 is 0 Å². The van der Waals surface area contributed by atoms with Crippen molar-refractivity contribution in [2.24, 2.45) is 0 Å². The lowest BCUT2D eigenvalue weighted by molar-refractivity contribution is -0.128. The zero-order chi connectivity index (χ0) is 17.4. The molecule has 0 aromatic carbocycles. The van der Waals surface area contributed by atoms with Gasteiger partial charge in [0.15, 0.2) is 0 Å². The van der Waals surface area contributed by atoms with Crippen LogP contribution >= 0.6 is 23.5 Å². The van der Waals surface area contributed by atoms with Crippen molar-refractivity contribution in [2.75, 3.05) is 31.2 Å². The fourth-order valence-corrected chi connectivity index (χ4v) is 3.38. The van der Waals surface area contributed by atoms with E-state index in [0.29, 0.717) is 29.9 Å². The summed E-state index contributed by atoms with van der Waals surface area (Å²) in [5.41, 5.74) is 0. The number of nitrogens with two attached hydrogens (primary N) is 1. The van der Waals surface area contributed by atoms with Gasteiger partial charge in [-0.25, -0.2) is 4.68 Å². The third kappa shape index (κ3) is 5.61. The van der Waals surface area contributed by atoms with Crippen molar-refractivity contribution < 1.29 is 9.59 Å². The third-order valence-electron chi connectivity index (χ3n) is 3.08. The summed E-state index contributed by atoms with van der Waals surface area (Å²) in [7, 11) is 0. The van der Waals surface area contributed by atoms with E-state index >= 15 is 0 Å². The molecule has 23 heavy (non-hydrogen) atoms. The quantitative estimate of drug-likeness (QED) is 0.490. The maximum atomic E-state index is 12.0.